The molecule has 1 atom stereocenters. The topological polar surface area (TPSA) is 74.8 Å². The van der Waals surface area contributed by atoms with Crippen molar-refractivity contribution >= 4 is 10.0 Å². The zero-order valence-corrected chi connectivity index (χ0v) is 13.1. The van der Waals surface area contributed by atoms with E-state index in [9.17, 15) is 8.42 Å². The summed E-state index contributed by atoms with van der Waals surface area (Å²) < 4.78 is 27.2. The Hall–Kier alpha value is -0.880. The highest BCUT2D eigenvalue weighted by molar-refractivity contribution is 7.89. The van der Waals surface area contributed by atoms with Crippen LogP contribution in [0.3, 0.4) is 0 Å². The van der Waals surface area contributed by atoms with Gasteiger partial charge in [-0.2, -0.15) is 5.10 Å². The zero-order valence-electron chi connectivity index (χ0n) is 12.3. The molecule has 110 valence electrons. The molecule has 0 aliphatic heterocycles. The number of rotatable bonds is 8. The standard InChI is InChI=1S/C13H25N3O2S/c1-5-7-8-12(6-2)9-14-19(17,18)13-10(3)15-16-11(13)4/h12,14H,5-9H2,1-4H3,(H,15,16). The lowest BCUT2D eigenvalue weighted by Crippen LogP contribution is -2.30. The van der Waals surface area contributed by atoms with Crippen molar-refractivity contribution in [2.24, 2.45) is 5.92 Å². The van der Waals surface area contributed by atoms with Crippen LogP contribution in [-0.4, -0.2) is 25.2 Å². The van der Waals surface area contributed by atoms with Crippen LogP contribution in [0, 0.1) is 19.8 Å². The minimum atomic E-state index is -3.45. The Bertz CT molecular complexity index is 474. The van der Waals surface area contributed by atoms with Crippen molar-refractivity contribution in [3.05, 3.63) is 11.4 Å². The van der Waals surface area contributed by atoms with Gasteiger partial charge in [0.1, 0.15) is 4.90 Å². The molecule has 0 spiro atoms. The summed E-state index contributed by atoms with van der Waals surface area (Å²) in [6.45, 7) is 8.18. The number of H-pyrrole nitrogens is 1. The maximum absolute atomic E-state index is 12.3. The van der Waals surface area contributed by atoms with Crippen LogP contribution in [0.1, 0.15) is 50.9 Å². The first kappa shape index (κ1) is 16.2. The van der Waals surface area contributed by atoms with E-state index in [4.69, 9.17) is 0 Å². The Morgan fingerprint density at radius 1 is 1.32 bits per heavy atom. The molecule has 6 heteroatoms. The summed E-state index contributed by atoms with van der Waals surface area (Å²) >= 11 is 0. The molecule has 1 rings (SSSR count). The van der Waals surface area contributed by atoms with Gasteiger partial charge in [0.25, 0.3) is 0 Å². The lowest BCUT2D eigenvalue weighted by Gasteiger charge is -2.15. The molecule has 0 fully saturated rings. The van der Waals surface area contributed by atoms with Crippen LogP contribution >= 0.6 is 0 Å². The Kier molecular flexibility index (Phi) is 6.00. The third-order valence-corrected chi connectivity index (χ3v) is 5.12. The average Bonchev–Trinajstić information content (AvgIpc) is 2.70. The summed E-state index contributed by atoms with van der Waals surface area (Å²) in [5, 5.41) is 6.64. The third kappa shape index (κ3) is 4.31. The maximum Gasteiger partial charge on any atom is 0.244 e. The molecule has 1 unspecified atom stereocenters. The molecule has 1 heterocycles. The van der Waals surface area contributed by atoms with Crippen LogP contribution < -0.4 is 4.72 Å². The third-order valence-electron chi connectivity index (χ3n) is 3.43. The van der Waals surface area contributed by atoms with E-state index >= 15 is 0 Å². The van der Waals surface area contributed by atoms with Gasteiger partial charge in [-0.1, -0.05) is 33.1 Å². The molecule has 0 radical (unpaired) electrons. The van der Waals surface area contributed by atoms with E-state index < -0.39 is 10.0 Å². The molecule has 5 nitrogen and oxygen atoms in total. The lowest BCUT2D eigenvalue weighted by atomic mass is 10.00. The number of hydrogen-bond donors (Lipinski definition) is 2. The molecule has 1 aromatic rings. The highest BCUT2D eigenvalue weighted by atomic mass is 32.2. The Labute approximate surface area is 116 Å². The fourth-order valence-electron chi connectivity index (χ4n) is 2.18. The minimum absolute atomic E-state index is 0.290. The fourth-order valence-corrected chi connectivity index (χ4v) is 3.66. The number of unbranched alkanes of at least 4 members (excludes halogenated alkanes) is 1. The molecule has 0 bridgehead atoms. The normalized spacial score (nSPS) is 13.7. The van der Waals surface area contributed by atoms with E-state index in [1.807, 2.05) is 0 Å². The Morgan fingerprint density at radius 2 is 2.00 bits per heavy atom. The summed E-state index contributed by atoms with van der Waals surface area (Å²) in [6.07, 6.45) is 4.35. The SMILES string of the molecule is CCCCC(CC)CNS(=O)(=O)c1c(C)n[nH]c1C. The van der Waals surface area contributed by atoms with Gasteiger partial charge in [0.05, 0.1) is 11.4 Å². The number of aryl methyl sites for hydroxylation is 2. The molecule has 0 saturated heterocycles. The average molecular weight is 287 g/mol. The first-order valence-corrected chi connectivity index (χ1v) is 8.41. The molecule has 19 heavy (non-hydrogen) atoms. The molecule has 1 aromatic heterocycles. The van der Waals surface area contributed by atoms with E-state index in [-0.39, 0.29) is 4.90 Å². The molecule has 0 aliphatic carbocycles. The van der Waals surface area contributed by atoms with Gasteiger partial charge in [-0.25, -0.2) is 13.1 Å². The van der Waals surface area contributed by atoms with E-state index in [1.165, 1.54) is 0 Å². The summed E-state index contributed by atoms with van der Waals surface area (Å²) in [7, 11) is -3.45. The number of aromatic amines is 1. The predicted molar refractivity (Wildman–Crippen MR) is 76.6 cm³/mol. The van der Waals surface area contributed by atoms with Crippen molar-refractivity contribution < 1.29 is 8.42 Å². The van der Waals surface area contributed by atoms with Crippen molar-refractivity contribution in [3.63, 3.8) is 0 Å². The summed E-state index contributed by atoms with van der Waals surface area (Å²) in [5.41, 5.74) is 1.11. The second kappa shape index (κ2) is 7.05. The van der Waals surface area contributed by atoms with Crippen molar-refractivity contribution in [2.75, 3.05) is 6.54 Å². The van der Waals surface area contributed by atoms with Gasteiger partial charge < -0.3 is 0 Å². The van der Waals surface area contributed by atoms with Gasteiger partial charge in [0.2, 0.25) is 10.0 Å². The van der Waals surface area contributed by atoms with Crippen molar-refractivity contribution in [3.8, 4) is 0 Å². The van der Waals surface area contributed by atoms with Crippen molar-refractivity contribution in [1.82, 2.24) is 14.9 Å². The molecule has 0 amide bonds. The minimum Gasteiger partial charge on any atom is -0.281 e. The highest BCUT2D eigenvalue weighted by Crippen LogP contribution is 2.18. The van der Waals surface area contributed by atoms with Gasteiger partial charge in [-0.05, 0) is 26.2 Å². The van der Waals surface area contributed by atoms with Crippen LogP contribution in [0.2, 0.25) is 0 Å². The van der Waals surface area contributed by atoms with Crippen LogP contribution in [0.25, 0.3) is 0 Å². The summed E-state index contributed by atoms with van der Waals surface area (Å²) in [5.74, 6) is 0.405. The van der Waals surface area contributed by atoms with Gasteiger partial charge in [-0.15, -0.1) is 0 Å². The van der Waals surface area contributed by atoms with Crippen LogP contribution in [0.4, 0.5) is 0 Å². The second-order valence-corrected chi connectivity index (χ2v) is 6.74. The summed E-state index contributed by atoms with van der Waals surface area (Å²) in [6, 6.07) is 0. The number of aromatic nitrogens is 2. The molecule has 0 aromatic carbocycles. The lowest BCUT2D eigenvalue weighted by molar-refractivity contribution is 0.443. The fraction of sp³-hybridized carbons (Fsp3) is 0.769. The van der Waals surface area contributed by atoms with Crippen LogP contribution in [0.5, 0.6) is 0 Å². The zero-order chi connectivity index (χ0) is 14.5. The molecule has 0 saturated carbocycles. The van der Waals surface area contributed by atoms with Gasteiger partial charge >= 0.3 is 0 Å². The van der Waals surface area contributed by atoms with Gasteiger partial charge in [-0.3, -0.25) is 5.10 Å². The molecular weight excluding hydrogens is 262 g/mol. The monoisotopic (exact) mass is 287 g/mol. The van der Waals surface area contributed by atoms with E-state index in [2.05, 4.69) is 28.8 Å². The van der Waals surface area contributed by atoms with Gasteiger partial charge in [0.15, 0.2) is 0 Å². The largest absolute Gasteiger partial charge is 0.281 e. The highest BCUT2D eigenvalue weighted by Gasteiger charge is 2.22. The molecular formula is C13H25N3O2S. The van der Waals surface area contributed by atoms with Crippen molar-refractivity contribution in [2.45, 2.75) is 58.3 Å². The Morgan fingerprint density at radius 3 is 2.47 bits per heavy atom. The summed E-state index contributed by atoms with van der Waals surface area (Å²) in [4.78, 5) is 0.290. The first-order chi connectivity index (χ1) is 8.92. The Balaban J connectivity index is 2.70. The van der Waals surface area contributed by atoms with E-state index in [0.717, 1.165) is 25.7 Å². The molecule has 0 aliphatic rings. The van der Waals surface area contributed by atoms with Crippen LogP contribution in [0.15, 0.2) is 4.90 Å². The second-order valence-electron chi connectivity index (χ2n) is 5.03. The maximum atomic E-state index is 12.3. The smallest absolute Gasteiger partial charge is 0.244 e. The number of nitrogens with zero attached hydrogens (tertiary/aromatic N) is 1. The van der Waals surface area contributed by atoms with Crippen molar-refractivity contribution in [1.29, 1.82) is 0 Å². The number of nitrogens with one attached hydrogen (secondary N) is 2. The molecule has 2 N–H and O–H groups in total. The van der Waals surface area contributed by atoms with Gasteiger partial charge in [0, 0.05) is 6.54 Å². The first-order valence-electron chi connectivity index (χ1n) is 6.93. The predicted octanol–water partition coefficient (Wildman–Crippen LogP) is 2.52. The van der Waals surface area contributed by atoms with E-state index in [1.54, 1.807) is 13.8 Å². The number of sulfonamides is 1. The number of hydrogen-bond acceptors (Lipinski definition) is 3. The van der Waals surface area contributed by atoms with E-state index in [0.29, 0.717) is 23.9 Å². The quantitative estimate of drug-likeness (QED) is 0.771. The van der Waals surface area contributed by atoms with Crippen LogP contribution in [-0.2, 0) is 10.0 Å².